The van der Waals surface area contributed by atoms with Crippen LogP contribution in [0.1, 0.15) is 48.5 Å². The van der Waals surface area contributed by atoms with Gasteiger partial charge in [-0.25, -0.2) is 4.79 Å². The number of halogens is 1. The summed E-state index contributed by atoms with van der Waals surface area (Å²) in [7, 11) is 0. The van der Waals surface area contributed by atoms with Gasteiger partial charge in [0.15, 0.2) is 0 Å². The lowest BCUT2D eigenvalue weighted by atomic mass is 10.0. The molecule has 0 aliphatic heterocycles. The van der Waals surface area contributed by atoms with E-state index in [1.165, 1.54) is 25.3 Å². The van der Waals surface area contributed by atoms with Gasteiger partial charge < -0.3 is 5.11 Å². The molecule has 3 heteroatoms. The van der Waals surface area contributed by atoms with Crippen molar-refractivity contribution in [1.29, 1.82) is 0 Å². The van der Waals surface area contributed by atoms with Crippen LogP contribution in [0.15, 0.2) is 18.2 Å². The van der Waals surface area contributed by atoms with Gasteiger partial charge in [0.05, 0.1) is 5.56 Å². The fourth-order valence-corrected chi connectivity index (χ4v) is 1.90. The van der Waals surface area contributed by atoms with Gasteiger partial charge in [0.2, 0.25) is 0 Å². The Balaban J connectivity index is 2.57. The fraction of sp³-hybridized carbons (Fsp3) is 0.462. The standard InChI is InChI=1S/C13H17ClO2/c1-2-3-4-5-6-10-7-8-11(13(15)16)9-12(10)14/h7-9H,2-6H2,1H3,(H,15,16). The van der Waals surface area contributed by atoms with Crippen LogP contribution >= 0.6 is 11.6 Å². The largest absolute Gasteiger partial charge is 0.478 e. The highest BCUT2D eigenvalue weighted by Gasteiger charge is 2.06. The van der Waals surface area contributed by atoms with Crippen LogP contribution in [-0.4, -0.2) is 11.1 Å². The molecule has 0 saturated heterocycles. The first-order valence-corrected chi connectivity index (χ1v) is 6.04. The van der Waals surface area contributed by atoms with E-state index in [2.05, 4.69) is 6.92 Å². The van der Waals surface area contributed by atoms with Crippen LogP contribution in [0.4, 0.5) is 0 Å². The second kappa shape index (κ2) is 6.54. The molecule has 0 aliphatic carbocycles. The zero-order valence-electron chi connectivity index (χ0n) is 9.50. The van der Waals surface area contributed by atoms with Gasteiger partial charge >= 0.3 is 5.97 Å². The number of aromatic carboxylic acids is 1. The first kappa shape index (κ1) is 13.0. The highest BCUT2D eigenvalue weighted by Crippen LogP contribution is 2.20. The summed E-state index contributed by atoms with van der Waals surface area (Å²) in [6.07, 6.45) is 5.70. The number of aryl methyl sites for hydroxylation is 1. The van der Waals surface area contributed by atoms with Crippen molar-refractivity contribution in [1.82, 2.24) is 0 Å². The first-order valence-electron chi connectivity index (χ1n) is 5.67. The van der Waals surface area contributed by atoms with Crippen molar-refractivity contribution in [2.75, 3.05) is 0 Å². The monoisotopic (exact) mass is 240 g/mol. The Hall–Kier alpha value is -1.02. The average molecular weight is 241 g/mol. The van der Waals surface area contributed by atoms with Crippen molar-refractivity contribution in [3.8, 4) is 0 Å². The van der Waals surface area contributed by atoms with Crippen molar-refractivity contribution in [2.45, 2.75) is 39.0 Å². The Kier molecular flexibility index (Phi) is 5.33. The SMILES string of the molecule is CCCCCCc1ccc(C(=O)O)cc1Cl. The molecule has 0 amide bonds. The molecule has 0 atom stereocenters. The second-order valence-electron chi connectivity index (χ2n) is 3.92. The van der Waals surface area contributed by atoms with E-state index in [0.29, 0.717) is 5.02 Å². The number of carboxylic acid groups (broad SMARTS) is 1. The van der Waals surface area contributed by atoms with Gasteiger partial charge in [0, 0.05) is 5.02 Å². The van der Waals surface area contributed by atoms with Crippen molar-refractivity contribution in [3.05, 3.63) is 34.3 Å². The molecule has 0 heterocycles. The lowest BCUT2D eigenvalue weighted by Crippen LogP contribution is -1.97. The van der Waals surface area contributed by atoms with Crippen LogP contribution in [0.3, 0.4) is 0 Å². The predicted octanol–water partition coefficient (Wildman–Crippen LogP) is 4.16. The lowest BCUT2D eigenvalue weighted by molar-refractivity contribution is 0.0697. The molecule has 0 unspecified atom stereocenters. The summed E-state index contributed by atoms with van der Waals surface area (Å²) in [5, 5.41) is 9.35. The van der Waals surface area contributed by atoms with Crippen molar-refractivity contribution in [3.63, 3.8) is 0 Å². The summed E-state index contributed by atoms with van der Waals surface area (Å²) in [5.41, 5.74) is 1.30. The van der Waals surface area contributed by atoms with E-state index in [4.69, 9.17) is 16.7 Å². The molecule has 1 N–H and O–H groups in total. The van der Waals surface area contributed by atoms with E-state index in [0.717, 1.165) is 18.4 Å². The zero-order valence-corrected chi connectivity index (χ0v) is 10.3. The zero-order chi connectivity index (χ0) is 12.0. The van der Waals surface area contributed by atoms with Crippen LogP contribution in [0.2, 0.25) is 5.02 Å². The Morgan fingerprint density at radius 2 is 2.06 bits per heavy atom. The van der Waals surface area contributed by atoms with E-state index < -0.39 is 5.97 Å². The summed E-state index contributed by atoms with van der Waals surface area (Å²) in [5.74, 6) is -0.931. The van der Waals surface area contributed by atoms with E-state index in [-0.39, 0.29) is 5.56 Å². The Morgan fingerprint density at radius 1 is 1.31 bits per heavy atom. The average Bonchev–Trinajstić information content (AvgIpc) is 2.26. The molecule has 0 radical (unpaired) electrons. The molecule has 1 aromatic carbocycles. The van der Waals surface area contributed by atoms with Gasteiger partial charge in [0.1, 0.15) is 0 Å². The lowest BCUT2D eigenvalue weighted by Gasteiger charge is -2.05. The molecule has 0 spiro atoms. The molecule has 1 aromatic rings. The number of carbonyl (C=O) groups is 1. The number of benzene rings is 1. The molecule has 0 saturated carbocycles. The molecule has 0 fully saturated rings. The molecular weight excluding hydrogens is 224 g/mol. The van der Waals surface area contributed by atoms with E-state index in [1.54, 1.807) is 6.07 Å². The van der Waals surface area contributed by atoms with E-state index in [9.17, 15) is 4.79 Å². The van der Waals surface area contributed by atoms with Crippen LogP contribution in [0.5, 0.6) is 0 Å². The number of hydrogen-bond acceptors (Lipinski definition) is 1. The maximum absolute atomic E-state index is 10.7. The van der Waals surface area contributed by atoms with Crippen molar-refractivity contribution in [2.24, 2.45) is 0 Å². The van der Waals surface area contributed by atoms with Gasteiger partial charge in [-0.2, -0.15) is 0 Å². The smallest absolute Gasteiger partial charge is 0.335 e. The minimum Gasteiger partial charge on any atom is -0.478 e. The quantitative estimate of drug-likeness (QED) is 0.758. The Morgan fingerprint density at radius 3 is 2.62 bits per heavy atom. The molecule has 0 aliphatic rings. The highest BCUT2D eigenvalue weighted by molar-refractivity contribution is 6.31. The number of unbranched alkanes of at least 4 members (excludes halogenated alkanes) is 3. The third kappa shape index (κ3) is 3.86. The van der Waals surface area contributed by atoms with Gasteiger partial charge in [-0.05, 0) is 30.5 Å². The van der Waals surface area contributed by atoms with Crippen LogP contribution in [0.25, 0.3) is 0 Å². The summed E-state index contributed by atoms with van der Waals surface area (Å²) in [6.45, 7) is 2.18. The first-order chi connectivity index (χ1) is 7.65. The Bertz CT molecular complexity index is 361. The van der Waals surface area contributed by atoms with Crippen molar-refractivity contribution >= 4 is 17.6 Å². The minimum atomic E-state index is -0.931. The third-order valence-corrected chi connectivity index (χ3v) is 2.95. The molecule has 88 valence electrons. The maximum Gasteiger partial charge on any atom is 0.335 e. The van der Waals surface area contributed by atoms with Crippen molar-refractivity contribution < 1.29 is 9.90 Å². The minimum absolute atomic E-state index is 0.252. The summed E-state index contributed by atoms with van der Waals surface area (Å²) >= 11 is 6.02. The fourth-order valence-electron chi connectivity index (χ4n) is 1.63. The van der Waals surface area contributed by atoms with Gasteiger partial charge in [-0.1, -0.05) is 43.9 Å². The number of hydrogen-bond donors (Lipinski definition) is 1. The highest BCUT2D eigenvalue weighted by atomic mass is 35.5. The summed E-state index contributed by atoms with van der Waals surface area (Å²) in [6, 6.07) is 4.96. The van der Waals surface area contributed by atoms with Gasteiger partial charge in [0.25, 0.3) is 0 Å². The predicted molar refractivity (Wildman–Crippen MR) is 66.3 cm³/mol. The van der Waals surface area contributed by atoms with E-state index >= 15 is 0 Å². The van der Waals surface area contributed by atoms with Crippen LogP contribution in [0, 0.1) is 0 Å². The van der Waals surface area contributed by atoms with E-state index in [1.807, 2.05) is 6.07 Å². The number of rotatable bonds is 6. The molecular formula is C13H17ClO2. The normalized spacial score (nSPS) is 10.4. The molecule has 0 aromatic heterocycles. The summed E-state index contributed by atoms with van der Waals surface area (Å²) in [4.78, 5) is 10.7. The second-order valence-corrected chi connectivity index (χ2v) is 4.33. The van der Waals surface area contributed by atoms with Crippen LogP contribution < -0.4 is 0 Å². The van der Waals surface area contributed by atoms with Gasteiger partial charge in [-0.15, -0.1) is 0 Å². The molecule has 16 heavy (non-hydrogen) atoms. The molecule has 1 rings (SSSR count). The number of carboxylic acids is 1. The Labute approximate surface area is 101 Å². The topological polar surface area (TPSA) is 37.3 Å². The molecule has 0 bridgehead atoms. The molecule has 2 nitrogen and oxygen atoms in total. The van der Waals surface area contributed by atoms with Gasteiger partial charge in [-0.3, -0.25) is 0 Å². The maximum atomic E-state index is 10.7. The summed E-state index contributed by atoms with van der Waals surface area (Å²) < 4.78 is 0. The third-order valence-electron chi connectivity index (χ3n) is 2.60. The van der Waals surface area contributed by atoms with Crippen LogP contribution in [-0.2, 0) is 6.42 Å².